The highest BCUT2D eigenvalue weighted by atomic mass is 15.2. The number of rotatable bonds is 3. The Balaban J connectivity index is 2.25. The number of aromatic nitrogens is 2. The molecule has 0 spiro atoms. The number of nitrogen functional groups attached to an aromatic ring is 1. The van der Waals surface area contributed by atoms with Crippen LogP contribution in [0.4, 0.5) is 5.82 Å². The van der Waals surface area contributed by atoms with Gasteiger partial charge < -0.3 is 5.73 Å². The SMILES string of the molecule is CCc1ccccc1-c1[nH]nc(N)c1-c1ccccc1C. The molecule has 0 atom stereocenters. The molecular weight excluding hydrogens is 258 g/mol. The molecule has 3 heteroatoms. The highest BCUT2D eigenvalue weighted by molar-refractivity contribution is 5.89. The largest absolute Gasteiger partial charge is 0.382 e. The third kappa shape index (κ3) is 2.31. The Morgan fingerprint density at radius 2 is 1.67 bits per heavy atom. The number of aromatic amines is 1. The molecule has 0 radical (unpaired) electrons. The summed E-state index contributed by atoms with van der Waals surface area (Å²) in [5.74, 6) is 0.546. The molecular formula is C18H19N3. The van der Waals surface area contributed by atoms with Crippen molar-refractivity contribution in [3.63, 3.8) is 0 Å². The number of H-pyrrole nitrogens is 1. The van der Waals surface area contributed by atoms with Gasteiger partial charge in [0.1, 0.15) is 0 Å². The summed E-state index contributed by atoms with van der Waals surface area (Å²) in [4.78, 5) is 0. The zero-order valence-corrected chi connectivity index (χ0v) is 12.4. The number of nitrogens with zero attached hydrogens (tertiary/aromatic N) is 1. The van der Waals surface area contributed by atoms with Gasteiger partial charge in [0.05, 0.1) is 11.3 Å². The Hall–Kier alpha value is -2.55. The van der Waals surface area contributed by atoms with Crippen LogP contribution in [0.15, 0.2) is 48.5 Å². The number of hydrogen-bond donors (Lipinski definition) is 2. The van der Waals surface area contributed by atoms with E-state index in [-0.39, 0.29) is 0 Å². The lowest BCUT2D eigenvalue weighted by Gasteiger charge is -2.10. The summed E-state index contributed by atoms with van der Waals surface area (Å²) in [5, 5.41) is 7.35. The standard InChI is InChI=1S/C18H19N3/c1-3-13-9-5-7-11-15(13)17-16(18(19)21-20-17)14-10-6-4-8-12(14)2/h4-11H,3H2,1-2H3,(H3,19,20,21). The first-order valence-electron chi connectivity index (χ1n) is 7.20. The van der Waals surface area contributed by atoms with Gasteiger partial charge in [-0.2, -0.15) is 5.10 Å². The van der Waals surface area contributed by atoms with Crippen LogP contribution in [0.25, 0.3) is 22.4 Å². The van der Waals surface area contributed by atoms with E-state index in [9.17, 15) is 0 Å². The average molecular weight is 277 g/mol. The van der Waals surface area contributed by atoms with Gasteiger partial charge in [0, 0.05) is 5.56 Å². The molecule has 0 aliphatic rings. The summed E-state index contributed by atoms with van der Waals surface area (Å²) in [6, 6.07) is 16.6. The number of nitrogens with two attached hydrogens (primary N) is 1. The van der Waals surface area contributed by atoms with Crippen LogP contribution in [0.2, 0.25) is 0 Å². The Kier molecular flexibility index (Phi) is 3.48. The van der Waals surface area contributed by atoms with Crippen molar-refractivity contribution in [2.75, 3.05) is 5.73 Å². The van der Waals surface area contributed by atoms with Gasteiger partial charge in [-0.25, -0.2) is 0 Å². The van der Waals surface area contributed by atoms with Crippen molar-refractivity contribution >= 4 is 5.82 Å². The molecule has 0 fully saturated rings. The molecule has 3 N–H and O–H groups in total. The van der Waals surface area contributed by atoms with Gasteiger partial charge in [0.25, 0.3) is 0 Å². The van der Waals surface area contributed by atoms with Crippen molar-refractivity contribution in [1.82, 2.24) is 10.2 Å². The maximum atomic E-state index is 6.13. The Morgan fingerprint density at radius 1 is 1.00 bits per heavy atom. The molecule has 21 heavy (non-hydrogen) atoms. The lowest BCUT2D eigenvalue weighted by Crippen LogP contribution is -1.93. The summed E-state index contributed by atoms with van der Waals surface area (Å²) in [6.07, 6.45) is 0.975. The zero-order chi connectivity index (χ0) is 14.8. The predicted molar refractivity (Wildman–Crippen MR) is 88.0 cm³/mol. The van der Waals surface area contributed by atoms with Gasteiger partial charge >= 0.3 is 0 Å². The Bertz CT molecular complexity index is 772. The molecule has 0 aliphatic heterocycles. The summed E-state index contributed by atoms with van der Waals surface area (Å²) < 4.78 is 0. The fraction of sp³-hybridized carbons (Fsp3) is 0.167. The molecule has 0 aliphatic carbocycles. The zero-order valence-electron chi connectivity index (χ0n) is 12.4. The maximum absolute atomic E-state index is 6.13. The molecule has 3 nitrogen and oxygen atoms in total. The van der Waals surface area contributed by atoms with Crippen molar-refractivity contribution in [3.8, 4) is 22.4 Å². The minimum Gasteiger partial charge on any atom is -0.382 e. The smallest absolute Gasteiger partial charge is 0.153 e. The second-order valence-corrected chi connectivity index (χ2v) is 5.18. The summed E-state index contributed by atoms with van der Waals surface area (Å²) in [6.45, 7) is 4.25. The molecule has 1 aromatic heterocycles. The third-order valence-corrected chi connectivity index (χ3v) is 3.88. The molecule has 0 saturated heterocycles. The summed E-state index contributed by atoms with van der Waals surface area (Å²) in [5.41, 5.74) is 12.9. The Morgan fingerprint density at radius 3 is 2.38 bits per heavy atom. The van der Waals surface area contributed by atoms with Crippen LogP contribution in [0, 0.1) is 6.92 Å². The number of benzene rings is 2. The third-order valence-electron chi connectivity index (χ3n) is 3.88. The van der Waals surface area contributed by atoms with Gasteiger partial charge in [0.2, 0.25) is 0 Å². The van der Waals surface area contributed by atoms with Crippen LogP contribution in [0.3, 0.4) is 0 Å². The first-order chi connectivity index (χ1) is 10.2. The molecule has 3 aromatic rings. The molecule has 0 saturated carbocycles. The van der Waals surface area contributed by atoms with Crippen molar-refractivity contribution in [2.24, 2.45) is 0 Å². The van der Waals surface area contributed by atoms with E-state index < -0.39 is 0 Å². The van der Waals surface area contributed by atoms with Gasteiger partial charge in [-0.05, 0) is 30.0 Å². The monoisotopic (exact) mass is 277 g/mol. The van der Waals surface area contributed by atoms with Crippen LogP contribution in [-0.2, 0) is 6.42 Å². The van der Waals surface area contributed by atoms with Gasteiger partial charge in [-0.15, -0.1) is 0 Å². The second-order valence-electron chi connectivity index (χ2n) is 5.18. The molecule has 3 rings (SSSR count). The van der Waals surface area contributed by atoms with Crippen LogP contribution in [0.1, 0.15) is 18.1 Å². The molecule has 1 heterocycles. The van der Waals surface area contributed by atoms with E-state index >= 15 is 0 Å². The highest BCUT2D eigenvalue weighted by Gasteiger charge is 2.17. The van der Waals surface area contributed by atoms with Crippen molar-refractivity contribution < 1.29 is 0 Å². The minimum atomic E-state index is 0.546. The van der Waals surface area contributed by atoms with Crippen LogP contribution < -0.4 is 5.73 Å². The summed E-state index contributed by atoms with van der Waals surface area (Å²) >= 11 is 0. The van der Waals surface area contributed by atoms with E-state index in [0.29, 0.717) is 5.82 Å². The number of nitrogens with one attached hydrogen (secondary N) is 1. The van der Waals surface area contributed by atoms with Gasteiger partial charge in [-0.3, -0.25) is 5.10 Å². The number of anilines is 1. The van der Waals surface area contributed by atoms with Gasteiger partial charge in [0.15, 0.2) is 5.82 Å². The molecule has 0 unspecified atom stereocenters. The first-order valence-corrected chi connectivity index (χ1v) is 7.20. The van der Waals surface area contributed by atoms with E-state index in [1.54, 1.807) is 0 Å². The van der Waals surface area contributed by atoms with Crippen LogP contribution in [0.5, 0.6) is 0 Å². The fourth-order valence-corrected chi connectivity index (χ4v) is 2.75. The predicted octanol–water partition coefficient (Wildman–Crippen LogP) is 4.20. The Labute approximate surface area is 124 Å². The lowest BCUT2D eigenvalue weighted by atomic mass is 9.94. The van der Waals surface area contributed by atoms with E-state index in [0.717, 1.165) is 23.2 Å². The second kappa shape index (κ2) is 5.44. The fourth-order valence-electron chi connectivity index (χ4n) is 2.75. The quantitative estimate of drug-likeness (QED) is 0.754. The van der Waals surface area contributed by atoms with Crippen LogP contribution >= 0.6 is 0 Å². The normalized spacial score (nSPS) is 10.8. The minimum absolute atomic E-state index is 0.546. The average Bonchev–Trinajstić information content (AvgIpc) is 2.89. The molecule has 0 bridgehead atoms. The topological polar surface area (TPSA) is 54.7 Å². The molecule has 0 amide bonds. The number of aryl methyl sites for hydroxylation is 2. The van der Waals surface area contributed by atoms with E-state index in [1.807, 2.05) is 18.2 Å². The maximum Gasteiger partial charge on any atom is 0.153 e. The van der Waals surface area contributed by atoms with Crippen molar-refractivity contribution in [3.05, 3.63) is 59.7 Å². The van der Waals surface area contributed by atoms with E-state index in [2.05, 4.69) is 54.4 Å². The van der Waals surface area contributed by atoms with E-state index in [1.165, 1.54) is 16.7 Å². The highest BCUT2D eigenvalue weighted by Crippen LogP contribution is 2.37. The van der Waals surface area contributed by atoms with Crippen molar-refractivity contribution in [1.29, 1.82) is 0 Å². The van der Waals surface area contributed by atoms with E-state index in [4.69, 9.17) is 5.73 Å². The summed E-state index contributed by atoms with van der Waals surface area (Å²) in [7, 11) is 0. The molecule has 2 aromatic carbocycles. The van der Waals surface area contributed by atoms with Crippen LogP contribution in [-0.4, -0.2) is 10.2 Å². The molecule has 106 valence electrons. The van der Waals surface area contributed by atoms with Crippen molar-refractivity contribution in [2.45, 2.75) is 20.3 Å². The van der Waals surface area contributed by atoms with Gasteiger partial charge in [-0.1, -0.05) is 55.5 Å². The number of hydrogen-bond acceptors (Lipinski definition) is 2. The first kappa shape index (κ1) is 13.4. The lowest BCUT2D eigenvalue weighted by molar-refractivity contribution is 1.09.